The first-order valence-electron chi connectivity index (χ1n) is 6.76. The summed E-state index contributed by atoms with van der Waals surface area (Å²) in [5.74, 6) is 0.0407. The van der Waals surface area contributed by atoms with Crippen molar-refractivity contribution in [1.82, 2.24) is 9.38 Å². The molecular weight excluding hydrogens is 284 g/mol. The van der Waals surface area contributed by atoms with Gasteiger partial charge in [0.05, 0.1) is 15.8 Å². The van der Waals surface area contributed by atoms with Gasteiger partial charge in [-0.2, -0.15) is 0 Å². The predicted octanol–water partition coefficient (Wildman–Crippen LogP) is 3.45. The third-order valence-corrected chi connectivity index (χ3v) is 4.63. The molecule has 4 nitrogen and oxygen atoms in total. The zero-order chi connectivity index (χ0) is 15.4. The number of benzene rings is 1. The first kappa shape index (κ1) is 13.9. The van der Waals surface area contributed by atoms with Crippen LogP contribution >= 0.6 is 11.3 Å². The van der Waals surface area contributed by atoms with Gasteiger partial charge in [-0.1, -0.05) is 44.2 Å². The van der Waals surface area contributed by atoms with E-state index in [1.54, 1.807) is 17.4 Å². The molecule has 0 radical (unpaired) electrons. The number of carbonyl (C=O) groups is 1. The van der Waals surface area contributed by atoms with E-state index in [-0.39, 0.29) is 11.3 Å². The Hall–Kier alpha value is -2.01. The molecule has 1 aromatic carbocycles. The monoisotopic (exact) mass is 300 g/mol. The van der Waals surface area contributed by atoms with E-state index in [2.05, 4.69) is 4.98 Å². The van der Waals surface area contributed by atoms with Crippen LogP contribution in [0.3, 0.4) is 0 Å². The number of aryl methyl sites for hydroxylation is 1. The summed E-state index contributed by atoms with van der Waals surface area (Å²) in [5.41, 5.74) is 0.753. The van der Waals surface area contributed by atoms with Gasteiger partial charge in [0.25, 0.3) is 5.56 Å². The average molecular weight is 300 g/mol. The lowest BCUT2D eigenvalue weighted by molar-refractivity contribution is 0.0862. The quantitative estimate of drug-likeness (QED) is 0.647. The van der Waals surface area contributed by atoms with Crippen molar-refractivity contribution in [2.24, 2.45) is 5.41 Å². The molecule has 0 aliphatic carbocycles. The highest BCUT2D eigenvalue weighted by atomic mass is 32.1. The Balaban J connectivity index is 2.40. The van der Waals surface area contributed by atoms with Crippen LogP contribution < -0.4 is 5.56 Å². The summed E-state index contributed by atoms with van der Waals surface area (Å²) in [6, 6.07) is 7.25. The van der Waals surface area contributed by atoms with Gasteiger partial charge in [-0.05, 0) is 19.1 Å². The predicted molar refractivity (Wildman–Crippen MR) is 85.4 cm³/mol. The Morgan fingerprint density at radius 1 is 1.24 bits per heavy atom. The lowest BCUT2D eigenvalue weighted by Crippen LogP contribution is -2.21. The van der Waals surface area contributed by atoms with Crippen molar-refractivity contribution in [3.8, 4) is 0 Å². The second kappa shape index (κ2) is 4.49. The molecule has 0 saturated carbocycles. The van der Waals surface area contributed by atoms with Crippen molar-refractivity contribution in [3.05, 3.63) is 45.2 Å². The molecule has 0 spiro atoms. The SMILES string of the molecule is Cc1c(C(=O)C(C)(C)C)sc2nc3ccccc3c(=O)n12. The fourth-order valence-electron chi connectivity index (χ4n) is 2.29. The number of hydrogen-bond acceptors (Lipinski definition) is 4. The molecule has 0 unspecified atom stereocenters. The van der Waals surface area contributed by atoms with Crippen LogP contribution in [0.1, 0.15) is 36.1 Å². The number of hydrogen-bond donors (Lipinski definition) is 0. The van der Waals surface area contributed by atoms with Crippen LogP contribution in [0.2, 0.25) is 0 Å². The average Bonchev–Trinajstić information content (AvgIpc) is 2.74. The van der Waals surface area contributed by atoms with Crippen molar-refractivity contribution in [1.29, 1.82) is 0 Å². The Kier molecular flexibility index (Phi) is 2.99. The van der Waals surface area contributed by atoms with Crippen LogP contribution in [0.4, 0.5) is 0 Å². The minimum absolute atomic E-state index is 0.0407. The van der Waals surface area contributed by atoms with E-state index in [1.165, 1.54) is 11.3 Å². The minimum Gasteiger partial charge on any atom is -0.293 e. The number of carbonyl (C=O) groups excluding carboxylic acids is 1. The van der Waals surface area contributed by atoms with Gasteiger partial charge >= 0.3 is 0 Å². The first-order chi connectivity index (χ1) is 9.80. The lowest BCUT2D eigenvalue weighted by atomic mass is 9.89. The van der Waals surface area contributed by atoms with E-state index < -0.39 is 5.41 Å². The topological polar surface area (TPSA) is 51.4 Å². The molecule has 0 amide bonds. The van der Waals surface area contributed by atoms with E-state index in [0.29, 0.717) is 26.4 Å². The van der Waals surface area contributed by atoms with Crippen molar-refractivity contribution in [3.63, 3.8) is 0 Å². The molecule has 0 aliphatic heterocycles. The normalized spacial score (nSPS) is 12.2. The third-order valence-electron chi connectivity index (χ3n) is 3.49. The zero-order valence-corrected chi connectivity index (χ0v) is 13.2. The Morgan fingerprint density at radius 2 is 1.90 bits per heavy atom. The maximum Gasteiger partial charge on any atom is 0.266 e. The maximum atomic E-state index is 12.6. The van der Waals surface area contributed by atoms with Crippen LogP contribution in [-0.4, -0.2) is 15.2 Å². The van der Waals surface area contributed by atoms with E-state index in [9.17, 15) is 9.59 Å². The summed E-state index contributed by atoms with van der Waals surface area (Å²) in [7, 11) is 0. The molecular formula is C16H16N2O2S. The fraction of sp³-hybridized carbons (Fsp3) is 0.312. The molecule has 5 heteroatoms. The maximum absolute atomic E-state index is 12.6. The van der Waals surface area contributed by atoms with Gasteiger partial charge in [0.1, 0.15) is 0 Å². The Bertz CT molecular complexity index is 929. The number of thiazole rings is 1. The summed E-state index contributed by atoms with van der Waals surface area (Å²) >= 11 is 1.29. The van der Waals surface area contributed by atoms with E-state index in [1.807, 2.05) is 39.0 Å². The standard InChI is InChI=1S/C16H16N2O2S/c1-9-12(13(19)16(2,3)4)21-15-17-11-8-6-5-7-10(11)14(20)18(9)15/h5-8H,1-4H3. The van der Waals surface area contributed by atoms with Crippen LogP contribution in [-0.2, 0) is 0 Å². The number of para-hydroxylation sites is 1. The van der Waals surface area contributed by atoms with Gasteiger partial charge in [0, 0.05) is 11.1 Å². The highest BCUT2D eigenvalue weighted by molar-refractivity contribution is 7.19. The summed E-state index contributed by atoms with van der Waals surface area (Å²) in [6.45, 7) is 7.45. The van der Waals surface area contributed by atoms with Crippen LogP contribution in [0.25, 0.3) is 15.9 Å². The smallest absolute Gasteiger partial charge is 0.266 e. The van der Waals surface area contributed by atoms with Crippen LogP contribution in [0, 0.1) is 12.3 Å². The molecule has 3 aromatic rings. The first-order valence-corrected chi connectivity index (χ1v) is 7.58. The summed E-state index contributed by atoms with van der Waals surface area (Å²) in [6.07, 6.45) is 0. The summed E-state index contributed by atoms with van der Waals surface area (Å²) < 4.78 is 1.55. The second-order valence-electron chi connectivity index (χ2n) is 6.15. The molecule has 0 aliphatic rings. The second-order valence-corrected chi connectivity index (χ2v) is 7.13. The van der Waals surface area contributed by atoms with Crippen LogP contribution in [0.5, 0.6) is 0 Å². The molecule has 0 bridgehead atoms. The van der Waals surface area contributed by atoms with E-state index >= 15 is 0 Å². The fourth-order valence-corrected chi connectivity index (χ4v) is 3.57. The number of rotatable bonds is 1. The molecule has 2 aromatic heterocycles. The van der Waals surface area contributed by atoms with Gasteiger partial charge in [0.15, 0.2) is 10.7 Å². The highest BCUT2D eigenvalue weighted by Gasteiger charge is 2.28. The van der Waals surface area contributed by atoms with Crippen molar-refractivity contribution < 1.29 is 4.79 Å². The zero-order valence-electron chi connectivity index (χ0n) is 12.4. The molecule has 108 valence electrons. The van der Waals surface area contributed by atoms with Gasteiger partial charge in [-0.25, -0.2) is 4.98 Å². The molecule has 0 atom stereocenters. The largest absolute Gasteiger partial charge is 0.293 e. The number of ketones is 1. The highest BCUT2D eigenvalue weighted by Crippen LogP contribution is 2.29. The van der Waals surface area contributed by atoms with Gasteiger partial charge in [0.2, 0.25) is 0 Å². The minimum atomic E-state index is -0.478. The van der Waals surface area contributed by atoms with Crippen molar-refractivity contribution >= 4 is 33.0 Å². The van der Waals surface area contributed by atoms with Gasteiger partial charge < -0.3 is 0 Å². The molecule has 0 fully saturated rings. The summed E-state index contributed by atoms with van der Waals surface area (Å²) in [4.78, 5) is 30.8. The molecule has 2 heterocycles. The number of fused-ring (bicyclic) bond motifs is 2. The number of aromatic nitrogens is 2. The number of nitrogens with zero attached hydrogens (tertiary/aromatic N) is 2. The number of Topliss-reactive ketones (excluding diaryl/α,β-unsaturated/α-hetero) is 1. The van der Waals surface area contributed by atoms with Crippen molar-refractivity contribution in [2.45, 2.75) is 27.7 Å². The lowest BCUT2D eigenvalue weighted by Gasteiger charge is -2.15. The third kappa shape index (κ3) is 2.08. The van der Waals surface area contributed by atoms with Gasteiger partial charge in [-0.15, -0.1) is 0 Å². The Labute approximate surface area is 126 Å². The van der Waals surface area contributed by atoms with Crippen molar-refractivity contribution in [2.75, 3.05) is 0 Å². The van der Waals surface area contributed by atoms with Gasteiger partial charge in [-0.3, -0.25) is 14.0 Å². The van der Waals surface area contributed by atoms with E-state index in [4.69, 9.17) is 0 Å². The van der Waals surface area contributed by atoms with E-state index in [0.717, 1.165) is 0 Å². The molecule has 3 rings (SSSR count). The summed E-state index contributed by atoms with van der Waals surface area (Å²) in [5, 5.41) is 0.575. The molecule has 0 N–H and O–H groups in total. The molecule has 0 saturated heterocycles. The Morgan fingerprint density at radius 3 is 2.57 bits per heavy atom. The van der Waals surface area contributed by atoms with Crippen LogP contribution in [0.15, 0.2) is 29.1 Å². The molecule has 21 heavy (non-hydrogen) atoms.